The quantitative estimate of drug-likeness (QED) is 0.799. The number of carbonyl (C=O) groups is 1. The van der Waals surface area contributed by atoms with E-state index in [1.165, 1.54) is 17.4 Å². The Morgan fingerprint density at radius 1 is 1.42 bits per heavy atom. The zero-order valence-corrected chi connectivity index (χ0v) is 11.1. The van der Waals surface area contributed by atoms with Gasteiger partial charge in [0, 0.05) is 29.7 Å². The Morgan fingerprint density at radius 2 is 2.16 bits per heavy atom. The number of H-pyrrole nitrogens is 1. The molecule has 0 bridgehead atoms. The summed E-state index contributed by atoms with van der Waals surface area (Å²) in [5.41, 5.74) is 7.74. The van der Waals surface area contributed by atoms with Crippen molar-refractivity contribution in [3.63, 3.8) is 0 Å². The van der Waals surface area contributed by atoms with Gasteiger partial charge in [-0.1, -0.05) is 0 Å². The number of carbonyl (C=O) groups excluding carboxylic acids is 1. The Balaban J connectivity index is 2.40. The maximum atomic E-state index is 12.1. The highest BCUT2D eigenvalue weighted by atomic mass is 32.2. The van der Waals surface area contributed by atoms with Crippen molar-refractivity contribution in [2.45, 2.75) is 6.42 Å². The molecule has 0 saturated heterocycles. The molecular formula is C12H13N3O3S. The fraction of sp³-hybridized carbons (Fsp3) is 0.250. The molecule has 2 aromatic rings. The average Bonchev–Trinajstić information content (AvgIpc) is 2.73. The molecule has 1 amide bonds. The normalized spacial score (nSPS) is 17.4. The van der Waals surface area contributed by atoms with Gasteiger partial charge in [0.05, 0.1) is 11.4 Å². The molecule has 3 N–H and O–H groups in total. The minimum atomic E-state index is -3.36. The number of aromatic amines is 1. The van der Waals surface area contributed by atoms with E-state index in [0.717, 1.165) is 16.5 Å². The van der Waals surface area contributed by atoms with Crippen molar-refractivity contribution < 1.29 is 13.2 Å². The predicted molar refractivity (Wildman–Crippen MR) is 72.7 cm³/mol. The van der Waals surface area contributed by atoms with Gasteiger partial charge < -0.3 is 10.7 Å². The number of aryl methyl sites for hydroxylation is 1. The van der Waals surface area contributed by atoms with Gasteiger partial charge in [-0.15, -0.1) is 0 Å². The van der Waals surface area contributed by atoms with Crippen LogP contribution < -0.4 is 10.0 Å². The van der Waals surface area contributed by atoms with Crippen LogP contribution in [-0.4, -0.2) is 32.1 Å². The second-order valence-corrected chi connectivity index (χ2v) is 6.75. The lowest BCUT2D eigenvalue weighted by molar-refractivity contribution is 0.100. The zero-order valence-electron chi connectivity index (χ0n) is 10.3. The van der Waals surface area contributed by atoms with Gasteiger partial charge >= 0.3 is 0 Å². The second kappa shape index (κ2) is 3.74. The first-order valence-corrected chi connectivity index (χ1v) is 7.41. The highest BCUT2D eigenvalue weighted by Crippen LogP contribution is 2.35. The van der Waals surface area contributed by atoms with Crippen LogP contribution in [-0.2, 0) is 16.4 Å². The fourth-order valence-electron chi connectivity index (χ4n) is 2.43. The molecule has 7 heteroatoms. The lowest BCUT2D eigenvalue weighted by atomic mass is 10.1. The number of primary amides is 1. The summed E-state index contributed by atoms with van der Waals surface area (Å²) in [5, 5.41) is 0.841. The topological polar surface area (TPSA) is 96.3 Å². The van der Waals surface area contributed by atoms with Gasteiger partial charge in [0.1, 0.15) is 0 Å². The van der Waals surface area contributed by atoms with E-state index in [0.29, 0.717) is 17.7 Å². The van der Waals surface area contributed by atoms with Gasteiger partial charge in [-0.25, -0.2) is 8.42 Å². The Kier molecular flexibility index (Phi) is 2.37. The third-order valence-electron chi connectivity index (χ3n) is 3.51. The van der Waals surface area contributed by atoms with Crippen LogP contribution in [0.15, 0.2) is 18.3 Å². The van der Waals surface area contributed by atoms with Crippen LogP contribution in [0.4, 0.5) is 5.69 Å². The van der Waals surface area contributed by atoms with Crippen molar-refractivity contribution in [2.75, 3.05) is 17.1 Å². The molecule has 1 aromatic carbocycles. The van der Waals surface area contributed by atoms with E-state index in [2.05, 4.69) is 4.98 Å². The molecule has 6 nitrogen and oxygen atoms in total. The number of nitrogens with zero attached hydrogens (tertiary/aromatic N) is 1. The highest BCUT2D eigenvalue weighted by molar-refractivity contribution is 7.92. The van der Waals surface area contributed by atoms with Crippen LogP contribution >= 0.6 is 0 Å². The Bertz CT molecular complexity index is 792. The van der Waals surface area contributed by atoms with Gasteiger partial charge in [-0.3, -0.25) is 9.10 Å². The van der Waals surface area contributed by atoms with E-state index in [9.17, 15) is 13.2 Å². The maximum absolute atomic E-state index is 12.1. The summed E-state index contributed by atoms with van der Waals surface area (Å²) in [6.45, 7) is 0. The summed E-state index contributed by atoms with van der Waals surface area (Å²) < 4.78 is 25.4. The van der Waals surface area contributed by atoms with Crippen LogP contribution in [0.1, 0.15) is 15.9 Å². The minimum Gasteiger partial charge on any atom is -0.366 e. The third kappa shape index (κ3) is 1.69. The largest absolute Gasteiger partial charge is 0.366 e. The fourth-order valence-corrected chi connectivity index (χ4v) is 3.62. The molecule has 0 fully saturated rings. The van der Waals surface area contributed by atoms with Crippen LogP contribution in [0.5, 0.6) is 0 Å². The summed E-state index contributed by atoms with van der Waals surface area (Å²) in [6, 6.07) is 3.18. The number of rotatable bonds is 1. The molecule has 0 spiro atoms. The third-order valence-corrected chi connectivity index (χ3v) is 5.26. The molecular weight excluding hydrogens is 266 g/mol. The summed E-state index contributed by atoms with van der Waals surface area (Å²) in [6.07, 6.45) is 2.24. The number of sulfonamides is 1. The Morgan fingerprint density at radius 3 is 2.84 bits per heavy atom. The number of hydrogen-bond acceptors (Lipinski definition) is 3. The van der Waals surface area contributed by atoms with Crippen molar-refractivity contribution in [1.29, 1.82) is 0 Å². The van der Waals surface area contributed by atoms with Crippen LogP contribution in [0.2, 0.25) is 0 Å². The lowest BCUT2D eigenvalue weighted by Gasteiger charge is -2.18. The molecule has 1 aliphatic heterocycles. The first kappa shape index (κ1) is 12.0. The highest BCUT2D eigenvalue weighted by Gasteiger charge is 2.27. The van der Waals surface area contributed by atoms with Gasteiger partial charge in [0.15, 0.2) is 0 Å². The number of benzene rings is 1. The number of aromatic nitrogens is 1. The van der Waals surface area contributed by atoms with E-state index in [1.54, 1.807) is 12.3 Å². The van der Waals surface area contributed by atoms with E-state index in [4.69, 9.17) is 5.73 Å². The molecule has 1 aromatic heterocycles. The van der Waals surface area contributed by atoms with E-state index < -0.39 is 15.9 Å². The summed E-state index contributed by atoms with van der Waals surface area (Å²) in [4.78, 5) is 14.4. The molecule has 19 heavy (non-hydrogen) atoms. The Hall–Kier alpha value is -2.02. The van der Waals surface area contributed by atoms with Gasteiger partial charge in [-0.2, -0.15) is 0 Å². The molecule has 0 radical (unpaired) electrons. The molecule has 0 saturated carbocycles. The van der Waals surface area contributed by atoms with E-state index in [1.807, 2.05) is 0 Å². The molecule has 3 rings (SSSR count). The molecule has 0 unspecified atom stereocenters. The predicted octanol–water partition coefficient (Wildman–Crippen LogP) is 0.589. The standard InChI is InChI=1S/C12H13N3O3S/c1-15-10-5-8(12(13)16)4-9-11(10)7(6-14-9)2-3-19(15,17)18/h4-6,14H,2-3H2,1H3,(H2,13,16). The van der Waals surface area contributed by atoms with Crippen LogP contribution in [0.3, 0.4) is 0 Å². The number of hydrogen-bond donors (Lipinski definition) is 2. The van der Waals surface area contributed by atoms with Crippen molar-refractivity contribution in [2.24, 2.45) is 5.73 Å². The molecule has 0 aliphatic carbocycles. The average molecular weight is 279 g/mol. The van der Waals surface area contributed by atoms with E-state index in [-0.39, 0.29) is 5.75 Å². The lowest BCUT2D eigenvalue weighted by Crippen LogP contribution is -2.28. The van der Waals surface area contributed by atoms with Crippen molar-refractivity contribution in [1.82, 2.24) is 4.98 Å². The van der Waals surface area contributed by atoms with Gasteiger partial charge in [0.2, 0.25) is 15.9 Å². The number of anilines is 1. The SMILES string of the molecule is CN1c2cc(C(N)=O)cc3[nH]cc(c23)CCS1(=O)=O. The Labute approximate surface area is 110 Å². The first-order chi connectivity index (χ1) is 8.90. The van der Waals surface area contributed by atoms with Gasteiger partial charge in [-0.05, 0) is 24.1 Å². The van der Waals surface area contributed by atoms with Crippen LogP contribution in [0.25, 0.3) is 10.9 Å². The number of nitrogens with one attached hydrogen (secondary N) is 1. The molecule has 2 heterocycles. The monoisotopic (exact) mass is 279 g/mol. The smallest absolute Gasteiger partial charge is 0.248 e. The minimum absolute atomic E-state index is 0.0526. The van der Waals surface area contributed by atoms with Gasteiger partial charge in [0.25, 0.3) is 0 Å². The van der Waals surface area contributed by atoms with Crippen molar-refractivity contribution in [3.05, 3.63) is 29.5 Å². The number of nitrogens with two attached hydrogens (primary N) is 1. The van der Waals surface area contributed by atoms with E-state index >= 15 is 0 Å². The summed E-state index contributed by atoms with van der Waals surface area (Å²) in [5.74, 6) is -0.527. The first-order valence-electron chi connectivity index (χ1n) is 5.80. The summed E-state index contributed by atoms with van der Waals surface area (Å²) in [7, 11) is -1.86. The van der Waals surface area contributed by atoms with Crippen molar-refractivity contribution in [3.8, 4) is 0 Å². The molecule has 0 atom stereocenters. The van der Waals surface area contributed by atoms with Crippen molar-refractivity contribution >= 4 is 32.5 Å². The number of amides is 1. The summed E-state index contributed by atoms with van der Waals surface area (Å²) >= 11 is 0. The maximum Gasteiger partial charge on any atom is 0.248 e. The molecule has 100 valence electrons. The molecule has 1 aliphatic rings. The zero-order chi connectivity index (χ0) is 13.8. The van der Waals surface area contributed by atoms with Crippen LogP contribution in [0, 0.1) is 0 Å². The second-order valence-electron chi connectivity index (χ2n) is 4.63.